The summed E-state index contributed by atoms with van der Waals surface area (Å²) in [5.74, 6) is 0.643. The SMILES string of the molecule is CNCCc1[nH]ncc1C1CCOCC1. The van der Waals surface area contributed by atoms with Crippen molar-refractivity contribution >= 4 is 0 Å². The second-order valence-electron chi connectivity index (χ2n) is 4.04. The fourth-order valence-corrected chi connectivity index (χ4v) is 2.13. The number of aromatic nitrogens is 2. The molecule has 1 aliphatic rings. The number of rotatable bonds is 4. The molecule has 0 saturated carbocycles. The Labute approximate surface area is 90.4 Å². The molecule has 1 aromatic rings. The van der Waals surface area contributed by atoms with Crippen molar-refractivity contribution in [1.82, 2.24) is 15.5 Å². The minimum absolute atomic E-state index is 0.643. The molecule has 1 fully saturated rings. The number of hydrogen-bond acceptors (Lipinski definition) is 3. The molecule has 1 saturated heterocycles. The molecule has 0 aromatic carbocycles. The zero-order valence-corrected chi connectivity index (χ0v) is 9.25. The van der Waals surface area contributed by atoms with Gasteiger partial charge < -0.3 is 10.1 Å². The van der Waals surface area contributed by atoms with E-state index in [4.69, 9.17) is 4.74 Å². The highest BCUT2D eigenvalue weighted by molar-refractivity contribution is 5.22. The summed E-state index contributed by atoms with van der Waals surface area (Å²) in [6, 6.07) is 0. The molecule has 0 atom stereocenters. The highest BCUT2D eigenvalue weighted by Crippen LogP contribution is 2.28. The maximum absolute atomic E-state index is 5.38. The van der Waals surface area contributed by atoms with Crippen LogP contribution in [0.15, 0.2) is 6.20 Å². The first kappa shape index (κ1) is 10.6. The van der Waals surface area contributed by atoms with E-state index >= 15 is 0 Å². The van der Waals surface area contributed by atoms with Crippen LogP contribution in [0.25, 0.3) is 0 Å². The molecule has 2 rings (SSSR count). The lowest BCUT2D eigenvalue weighted by molar-refractivity contribution is 0.0852. The summed E-state index contributed by atoms with van der Waals surface area (Å²) in [6.45, 7) is 2.78. The minimum atomic E-state index is 0.643. The van der Waals surface area contributed by atoms with Crippen molar-refractivity contribution in [3.05, 3.63) is 17.5 Å². The number of nitrogens with zero attached hydrogens (tertiary/aromatic N) is 1. The van der Waals surface area contributed by atoms with Gasteiger partial charge in [0.1, 0.15) is 0 Å². The summed E-state index contributed by atoms with van der Waals surface area (Å²) in [7, 11) is 1.98. The van der Waals surface area contributed by atoms with Crippen molar-refractivity contribution in [3.63, 3.8) is 0 Å². The van der Waals surface area contributed by atoms with Crippen LogP contribution >= 0.6 is 0 Å². The third-order valence-electron chi connectivity index (χ3n) is 3.04. The molecule has 0 amide bonds. The summed E-state index contributed by atoms with van der Waals surface area (Å²) < 4.78 is 5.38. The van der Waals surface area contributed by atoms with E-state index < -0.39 is 0 Å². The van der Waals surface area contributed by atoms with Gasteiger partial charge in [0.2, 0.25) is 0 Å². The van der Waals surface area contributed by atoms with Crippen molar-refractivity contribution < 1.29 is 4.74 Å². The highest BCUT2D eigenvalue weighted by atomic mass is 16.5. The highest BCUT2D eigenvalue weighted by Gasteiger charge is 2.19. The van der Waals surface area contributed by atoms with Gasteiger partial charge in [0.05, 0.1) is 6.20 Å². The summed E-state index contributed by atoms with van der Waals surface area (Å²) in [5.41, 5.74) is 2.69. The topological polar surface area (TPSA) is 49.9 Å². The maximum Gasteiger partial charge on any atom is 0.0525 e. The average Bonchev–Trinajstić information content (AvgIpc) is 2.75. The first-order chi connectivity index (χ1) is 7.42. The van der Waals surface area contributed by atoms with E-state index in [1.807, 2.05) is 13.2 Å². The van der Waals surface area contributed by atoms with Crippen LogP contribution < -0.4 is 5.32 Å². The van der Waals surface area contributed by atoms with E-state index in [1.54, 1.807) is 0 Å². The number of H-pyrrole nitrogens is 1. The summed E-state index contributed by atoms with van der Waals surface area (Å²) in [4.78, 5) is 0. The Morgan fingerprint density at radius 2 is 2.33 bits per heavy atom. The Bertz CT molecular complexity index is 292. The number of hydrogen-bond donors (Lipinski definition) is 2. The van der Waals surface area contributed by atoms with Crippen LogP contribution in [0.3, 0.4) is 0 Å². The van der Waals surface area contributed by atoms with E-state index in [9.17, 15) is 0 Å². The summed E-state index contributed by atoms with van der Waals surface area (Å²) in [5, 5.41) is 10.4. The number of likely N-dealkylation sites (N-methyl/N-ethyl adjacent to an activating group) is 1. The minimum Gasteiger partial charge on any atom is -0.381 e. The molecule has 4 heteroatoms. The van der Waals surface area contributed by atoms with E-state index in [0.29, 0.717) is 5.92 Å². The third-order valence-corrected chi connectivity index (χ3v) is 3.04. The molecule has 0 bridgehead atoms. The lowest BCUT2D eigenvalue weighted by atomic mass is 9.91. The van der Waals surface area contributed by atoms with Gasteiger partial charge in [0, 0.05) is 31.9 Å². The molecule has 4 nitrogen and oxygen atoms in total. The van der Waals surface area contributed by atoms with Gasteiger partial charge in [-0.2, -0.15) is 5.10 Å². The first-order valence-electron chi connectivity index (χ1n) is 5.66. The third kappa shape index (κ3) is 2.58. The molecule has 0 spiro atoms. The van der Waals surface area contributed by atoms with Gasteiger partial charge in [-0.15, -0.1) is 0 Å². The zero-order chi connectivity index (χ0) is 10.5. The lowest BCUT2D eigenvalue weighted by Crippen LogP contribution is -2.16. The monoisotopic (exact) mass is 209 g/mol. The van der Waals surface area contributed by atoms with Crippen LogP contribution in [0.4, 0.5) is 0 Å². The van der Waals surface area contributed by atoms with Crippen molar-refractivity contribution in [2.45, 2.75) is 25.2 Å². The maximum atomic E-state index is 5.38. The van der Waals surface area contributed by atoms with Gasteiger partial charge in [-0.3, -0.25) is 5.10 Å². The van der Waals surface area contributed by atoms with Crippen LogP contribution in [0, 0.1) is 0 Å². The zero-order valence-electron chi connectivity index (χ0n) is 9.25. The molecule has 2 N–H and O–H groups in total. The molecule has 1 aromatic heterocycles. The quantitative estimate of drug-likeness (QED) is 0.779. The summed E-state index contributed by atoms with van der Waals surface area (Å²) >= 11 is 0. The fourth-order valence-electron chi connectivity index (χ4n) is 2.13. The van der Waals surface area contributed by atoms with Crippen LogP contribution in [-0.2, 0) is 11.2 Å². The predicted molar refractivity (Wildman–Crippen MR) is 59.0 cm³/mol. The van der Waals surface area contributed by atoms with Crippen LogP contribution in [0.2, 0.25) is 0 Å². The second-order valence-corrected chi connectivity index (χ2v) is 4.04. The lowest BCUT2D eigenvalue weighted by Gasteiger charge is -2.22. The van der Waals surface area contributed by atoms with E-state index in [1.165, 1.54) is 11.3 Å². The van der Waals surface area contributed by atoms with Gasteiger partial charge in [-0.1, -0.05) is 0 Å². The van der Waals surface area contributed by atoms with Crippen molar-refractivity contribution in [1.29, 1.82) is 0 Å². The van der Waals surface area contributed by atoms with E-state index in [0.717, 1.165) is 39.0 Å². The Balaban J connectivity index is 2.02. The number of aromatic amines is 1. The summed E-state index contributed by atoms with van der Waals surface area (Å²) in [6.07, 6.45) is 5.28. The van der Waals surface area contributed by atoms with E-state index in [2.05, 4.69) is 15.5 Å². The van der Waals surface area contributed by atoms with Gasteiger partial charge in [-0.25, -0.2) is 0 Å². The van der Waals surface area contributed by atoms with Crippen molar-refractivity contribution in [3.8, 4) is 0 Å². The number of ether oxygens (including phenoxy) is 1. The Morgan fingerprint density at radius 3 is 3.07 bits per heavy atom. The van der Waals surface area contributed by atoms with Crippen molar-refractivity contribution in [2.24, 2.45) is 0 Å². The van der Waals surface area contributed by atoms with Crippen molar-refractivity contribution in [2.75, 3.05) is 26.8 Å². The van der Waals surface area contributed by atoms with Crippen LogP contribution in [0.5, 0.6) is 0 Å². The predicted octanol–water partition coefficient (Wildman–Crippen LogP) is 1.07. The van der Waals surface area contributed by atoms with Gasteiger partial charge in [0.15, 0.2) is 0 Å². The Kier molecular flexibility index (Phi) is 3.75. The molecule has 2 heterocycles. The van der Waals surface area contributed by atoms with Gasteiger partial charge >= 0.3 is 0 Å². The average molecular weight is 209 g/mol. The van der Waals surface area contributed by atoms with Gasteiger partial charge in [-0.05, 0) is 31.4 Å². The largest absolute Gasteiger partial charge is 0.381 e. The Morgan fingerprint density at radius 1 is 1.53 bits per heavy atom. The molecule has 1 aliphatic heterocycles. The normalized spacial score (nSPS) is 18.2. The molecular weight excluding hydrogens is 190 g/mol. The molecule has 84 valence electrons. The van der Waals surface area contributed by atoms with Crippen LogP contribution in [0.1, 0.15) is 30.0 Å². The molecule has 15 heavy (non-hydrogen) atoms. The van der Waals surface area contributed by atoms with E-state index in [-0.39, 0.29) is 0 Å². The number of nitrogens with one attached hydrogen (secondary N) is 2. The standard InChI is InChI=1S/C11H19N3O/c1-12-5-2-11-10(8-13-14-11)9-3-6-15-7-4-9/h8-9,12H,2-7H2,1H3,(H,13,14). The molecular formula is C11H19N3O. The Hall–Kier alpha value is -0.870. The van der Waals surface area contributed by atoms with Gasteiger partial charge in [0.25, 0.3) is 0 Å². The second kappa shape index (κ2) is 5.28. The first-order valence-corrected chi connectivity index (χ1v) is 5.66. The molecule has 0 unspecified atom stereocenters. The molecule has 0 radical (unpaired) electrons. The fraction of sp³-hybridized carbons (Fsp3) is 0.727. The molecule has 0 aliphatic carbocycles. The smallest absolute Gasteiger partial charge is 0.0525 e. The van der Waals surface area contributed by atoms with Crippen LogP contribution in [-0.4, -0.2) is 37.0 Å².